The molecule has 2 N–H and O–H groups in total. The van der Waals surface area contributed by atoms with E-state index in [0.717, 1.165) is 28.9 Å². The van der Waals surface area contributed by atoms with Crippen LogP contribution in [0, 0.1) is 6.92 Å². The lowest BCUT2D eigenvalue weighted by Gasteiger charge is -2.23. The Bertz CT molecular complexity index is 549. The molecule has 0 atom stereocenters. The third kappa shape index (κ3) is 2.54. The maximum Gasteiger partial charge on any atom is 0.106 e. The fourth-order valence-electron chi connectivity index (χ4n) is 2.10. The number of nitrogens with two attached hydrogens (primary N) is 1. The molecule has 3 nitrogen and oxygen atoms in total. The minimum atomic E-state index is 0.424. The predicted molar refractivity (Wildman–Crippen MR) is 77.9 cm³/mol. The van der Waals surface area contributed by atoms with Gasteiger partial charge in [0.15, 0.2) is 0 Å². The van der Waals surface area contributed by atoms with Crippen molar-refractivity contribution in [2.45, 2.75) is 13.5 Å². The summed E-state index contributed by atoms with van der Waals surface area (Å²) in [6, 6.07) is 7.94. The molecule has 1 aromatic carbocycles. The van der Waals surface area contributed by atoms with Crippen molar-refractivity contribution < 1.29 is 4.42 Å². The Kier molecular flexibility index (Phi) is 3.67. The Hall–Kier alpha value is -1.81. The molecule has 0 fully saturated rings. The maximum absolute atomic E-state index is 5.78. The standard InChI is InChI=1S/C14H16N2OS/c1-10-4-3-5-12(14(15)18)13(10)16(2)8-11-6-7-17-9-11/h3-7,9H,8H2,1-2H3,(H2,15,18). The van der Waals surface area contributed by atoms with Gasteiger partial charge in [-0.15, -0.1) is 0 Å². The van der Waals surface area contributed by atoms with Crippen LogP contribution < -0.4 is 10.6 Å². The first-order chi connectivity index (χ1) is 8.59. The summed E-state index contributed by atoms with van der Waals surface area (Å²) in [5.41, 5.74) is 10.0. The van der Waals surface area contributed by atoms with Crippen molar-refractivity contribution in [1.82, 2.24) is 0 Å². The Balaban J connectivity index is 2.34. The number of nitrogens with zero attached hydrogens (tertiary/aromatic N) is 1. The molecule has 0 radical (unpaired) electrons. The van der Waals surface area contributed by atoms with Gasteiger partial charge in [0.05, 0.1) is 12.5 Å². The number of hydrogen-bond donors (Lipinski definition) is 1. The van der Waals surface area contributed by atoms with Gasteiger partial charge in [-0.3, -0.25) is 0 Å². The second kappa shape index (κ2) is 5.23. The van der Waals surface area contributed by atoms with Crippen LogP contribution in [0.25, 0.3) is 0 Å². The number of benzene rings is 1. The van der Waals surface area contributed by atoms with Gasteiger partial charge in [0.25, 0.3) is 0 Å². The zero-order chi connectivity index (χ0) is 13.1. The molecule has 2 rings (SSSR count). The lowest BCUT2D eigenvalue weighted by Crippen LogP contribution is -2.22. The SMILES string of the molecule is Cc1cccc(C(N)=S)c1N(C)Cc1ccoc1. The Morgan fingerprint density at radius 3 is 2.78 bits per heavy atom. The zero-order valence-electron chi connectivity index (χ0n) is 10.5. The van der Waals surface area contributed by atoms with E-state index in [2.05, 4.69) is 17.9 Å². The smallest absolute Gasteiger partial charge is 0.106 e. The van der Waals surface area contributed by atoms with Crippen molar-refractivity contribution in [3.63, 3.8) is 0 Å². The highest BCUT2D eigenvalue weighted by molar-refractivity contribution is 7.80. The minimum absolute atomic E-state index is 0.424. The van der Waals surface area contributed by atoms with Crippen molar-refractivity contribution in [2.75, 3.05) is 11.9 Å². The maximum atomic E-state index is 5.78. The average Bonchev–Trinajstić information content (AvgIpc) is 2.81. The highest BCUT2D eigenvalue weighted by Crippen LogP contribution is 2.25. The molecule has 18 heavy (non-hydrogen) atoms. The summed E-state index contributed by atoms with van der Waals surface area (Å²) in [5.74, 6) is 0. The fraction of sp³-hybridized carbons (Fsp3) is 0.214. The van der Waals surface area contributed by atoms with E-state index in [4.69, 9.17) is 22.4 Å². The van der Waals surface area contributed by atoms with Crippen LogP contribution in [-0.4, -0.2) is 12.0 Å². The molecule has 0 amide bonds. The molecular weight excluding hydrogens is 244 g/mol. The van der Waals surface area contributed by atoms with E-state index < -0.39 is 0 Å². The molecule has 1 aromatic heterocycles. The van der Waals surface area contributed by atoms with Crippen molar-refractivity contribution in [1.29, 1.82) is 0 Å². The van der Waals surface area contributed by atoms with Crippen LogP contribution in [0.4, 0.5) is 5.69 Å². The normalized spacial score (nSPS) is 10.3. The first-order valence-corrected chi connectivity index (χ1v) is 6.12. The molecule has 1 heterocycles. The number of aryl methyl sites for hydroxylation is 1. The van der Waals surface area contributed by atoms with Crippen LogP contribution in [0.5, 0.6) is 0 Å². The van der Waals surface area contributed by atoms with Crippen LogP contribution in [0.2, 0.25) is 0 Å². The number of hydrogen-bond acceptors (Lipinski definition) is 3. The van der Waals surface area contributed by atoms with Crippen molar-refractivity contribution >= 4 is 22.9 Å². The minimum Gasteiger partial charge on any atom is -0.472 e. The summed E-state index contributed by atoms with van der Waals surface area (Å²) in [7, 11) is 2.02. The van der Waals surface area contributed by atoms with Gasteiger partial charge in [-0.25, -0.2) is 0 Å². The summed E-state index contributed by atoms with van der Waals surface area (Å²) in [4.78, 5) is 2.56. The average molecular weight is 260 g/mol. The molecule has 0 aliphatic rings. The largest absolute Gasteiger partial charge is 0.472 e. The number of thiocarbonyl (C=S) groups is 1. The van der Waals surface area contributed by atoms with Gasteiger partial charge in [-0.05, 0) is 24.6 Å². The molecular formula is C14H16N2OS. The van der Waals surface area contributed by atoms with Gasteiger partial charge in [0, 0.05) is 30.4 Å². The van der Waals surface area contributed by atoms with Crippen LogP contribution in [0.15, 0.2) is 41.2 Å². The van der Waals surface area contributed by atoms with Gasteiger partial charge in [0.1, 0.15) is 4.99 Å². The van der Waals surface area contributed by atoms with E-state index in [-0.39, 0.29) is 0 Å². The predicted octanol–water partition coefficient (Wildman–Crippen LogP) is 2.86. The van der Waals surface area contributed by atoms with Crippen LogP contribution >= 0.6 is 12.2 Å². The van der Waals surface area contributed by atoms with Gasteiger partial charge < -0.3 is 15.1 Å². The van der Waals surface area contributed by atoms with Gasteiger partial charge >= 0.3 is 0 Å². The van der Waals surface area contributed by atoms with Crippen molar-refractivity contribution in [3.8, 4) is 0 Å². The number of anilines is 1. The summed E-state index contributed by atoms with van der Waals surface area (Å²) in [6.45, 7) is 2.82. The van der Waals surface area contributed by atoms with E-state index >= 15 is 0 Å². The number of rotatable bonds is 4. The molecule has 0 aliphatic carbocycles. The molecule has 4 heteroatoms. The molecule has 94 valence electrons. The quantitative estimate of drug-likeness (QED) is 0.858. The Morgan fingerprint density at radius 2 is 2.17 bits per heavy atom. The van der Waals surface area contributed by atoms with Gasteiger partial charge in [-0.2, -0.15) is 0 Å². The molecule has 0 saturated carbocycles. The van der Waals surface area contributed by atoms with Gasteiger partial charge in [0.2, 0.25) is 0 Å². The number of furan rings is 1. The third-order valence-corrected chi connectivity index (χ3v) is 3.10. The van der Waals surface area contributed by atoms with Gasteiger partial charge in [-0.1, -0.05) is 24.4 Å². The molecule has 0 aliphatic heterocycles. The van der Waals surface area contributed by atoms with Crippen LogP contribution in [-0.2, 0) is 6.54 Å². The Labute approximate surface area is 112 Å². The topological polar surface area (TPSA) is 42.4 Å². The molecule has 2 aromatic rings. The molecule has 0 bridgehead atoms. The van der Waals surface area contributed by atoms with Crippen molar-refractivity contribution in [2.24, 2.45) is 5.73 Å². The fourth-order valence-corrected chi connectivity index (χ4v) is 2.26. The molecule has 0 saturated heterocycles. The number of para-hydroxylation sites is 1. The lowest BCUT2D eigenvalue weighted by molar-refractivity contribution is 0.563. The summed E-state index contributed by atoms with van der Waals surface area (Å²) in [6.07, 6.45) is 3.42. The lowest BCUT2D eigenvalue weighted by atomic mass is 10.1. The summed E-state index contributed by atoms with van der Waals surface area (Å²) in [5, 5.41) is 0. The van der Waals surface area contributed by atoms with E-state index in [1.165, 1.54) is 0 Å². The Morgan fingerprint density at radius 1 is 1.39 bits per heavy atom. The van der Waals surface area contributed by atoms with E-state index in [0.29, 0.717) is 4.99 Å². The summed E-state index contributed by atoms with van der Waals surface area (Å²) < 4.78 is 5.08. The first-order valence-electron chi connectivity index (χ1n) is 5.71. The second-order valence-corrected chi connectivity index (χ2v) is 4.76. The molecule has 0 spiro atoms. The van der Waals surface area contributed by atoms with E-state index in [9.17, 15) is 0 Å². The van der Waals surface area contributed by atoms with E-state index in [1.807, 2.05) is 25.2 Å². The van der Waals surface area contributed by atoms with Crippen LogP contribution in [0.1, 0.15) is 16.7 Å². The highest BCUT2D eigenvalue weighted by atomic mass is 32.1. The third-order valence-electron chi connectivity index (χ3n) is 2.88. The summed E-state index contributed by atoms with van der Waals surface area (Å²) >= 11 is 5.11. The van der Waals surface area contributed by atoms with E-state index in [1.54, 1.807) is 12.5 Å². The monoisotopic (exact) mass is 260 g/mol. The molecule has 0 unspecified atom stereocenters. The zero-order valence-corrected chi connectivity index (χ0v) is 11.3. The van der Waals surface area contributed by atoms with Crippen molar-refractivity contribution in [3.05, 3.63) is 53.5 Å². The first kappa shape index (κ1) is 12.6. The van der Waals surface area contributed by atoms with Crippen LogP contribution in [0.3, 0.4) is 0 Å². The second-order valence-electron chi connectivity index (χ2n) is 4.32. The highest BCUT2D eigenvalue weighted by Gasteiger charge is 2.12.